The van der Waals surface area contributed by atoms with Crippen LogP contribution in [-0.2, 0) is 10.0 Å². The van der Waals surface area contributed by atoms with Crippen molar-refractivity contribution >= 4 is 21.7 Å². The molecular weight excluding hydrogens is 272 g/mol. The summed E-state index contributed by atoms with van der Waals surface area (Å²) in [6, 6.07) is 3.04. The number of carbonyl (C=O) groups is 1. The van der Waals surface area contributed by atoms with Crippen molar-refractivity contribution in [3.8, 4) is 0 Å². The molecule has 0 heterocycles. The maximum Gasteiger partial charge on any atom is 0.337 e. The molecule has 1 rings (SSSR count). The fourth-order valence-corrected chi connectivity index (χ4v) is 3.03. The van der Waals surface area contributed by atoms with Gasteiger partial charge in [-0.15, -0.1) is 0 Å². The zero-order valence-corrected chi connectivity index (χ0v) is 11.1. The summed E-state index contributed by atoms with van der Waals surface area (Å²) >= 11 is 0. The molecule has 1 aromatic rings. The van der Waals surface area contributed by atoms with Crippen LogP contribution in [0.25, 0.3) is 0 Å². The number of carboxylic acids is 1. The first-order valence-electron chi connectivity index (χ1n) is 5.54. The van der Waals surface area contributed by atoms with Gasteiger partial charge in [-0.25, -0.2) is 17.9 Å². The smallest absolute Gasteiger partial charge is 0.337 e. The van der Waals surface area contributed by atoms with Crippen LogP contribution in [-0.4, -0.2) is 37.2 Å². The van der Waals surface area contributed by atoms with E-state index in [2.05, 4.69) is 4.72 Å². The third-order valence-electron chi connectivity index (χ3n) is 2.44. The normalized spacial score (nSPS) is 13.2. The predicted molar refractivity (Wildman–Crippen MR) is 69.3 cm³/mol. The average molecular weight is 288 g/mol. The van der Waals surface area contributed by atoms with Gasteiger partial charge in [-0.3, -0.25) is 0 Å². The quantitative estimate of drug-likeness (QED) is 0.546. The minimum absolute atomic E-state index is 0.153. The molecule has 1 atom stereocenters. The van der Waals surface area contributed by atoms with Gasteiger partial charge >= 0.3 is 5.97 Å². The van der Waals surface area contributed by atoms with Crippen LogP contribution in [0.1, 0.15) is 23.7 Å². The number of aliphatic hydroxyl groups is 1. The maximum atomic E-state index is 12.1. The Kier molecular flexibility index (Phi) is 4.87. The highest BCUT2D eigenvalue weighted by molar-refractivity contribution is 7.89. The maximum absolute atomic E-state index is 12.1. The van der Waals surface area contributed by atoms with Crippen LogP contribution in [0.3, 0.4) is 0 Å². The Hall–Kier alpha value is -1.64. The highest BCUT2D eigenvalue weighted by atomic mass is 32.2. The molecule has 0 saturated carbocycles. The summed E-state index contributed by atoms with van der Waals surface area (Å²) in [5.74, 6) is -1.35. The first-order chi connectivity index (χ1) is 8.77. The molecule has 106 valence electrons. The zero-order valence-electron chi connectivity index (χ0n) is 10.3. The molecule has 0 bridgehead atoms. The summed E-state index contributed by atoms with van der Waals surface area (Å²) in [6.45, 7) is 1.40. The summed E-state index contributed by atoms with van der Waals surface area (Å²) in [6.07, 6.45) is 0.226. The number of nitrogens with two attached hydrogens (primary N) is 1. The molecule has 0 aromatic heterocycles. The molecule has 19 heavy (non-hydrogen) atoms. The number of hydrogen-bond acceptors (Lipinski definition) is 5. The number of aliphatic hydroxyl groups excluding tert-OH is 1. The number of benzene rings is 1. The van der Waals surface area contributed by atoms with Crippen LogP contribution in [0, 0.1) is 0 Å². The van der Waals surface area contributed by atoms with Crippen LogP contribution >= 0.6 is 0 Å². The molecule has 0 fully saturated rings. The Morgan fingerprint density at radius 2 is 2.11 bits per heavy atom. The lowest BCUT2D eigenvalue weighted by atomic mass is 10.2. The van der Waals surface area contributed by atoms with E-state index < -0.39 is 22.0 Å². The van der Waals surface area contributed by atoms with Crippen molar-refractivity contribution in [2.24, 2.45) is 0 Å². The van der Waals surface area contributed by atoms with Gasteiger partial charge < -0.3 is 15.9 Å². The highest BCUT2D eigenvalue weighted by Gasteiger charge is 2.24. The lowest BCUT2D eigenvalue weighted by molar-refractivity contribution is 0.0692. The molecule has 0 saturated heterocycles. The van der Waals surface area contributed by atoms with Gasteiger partial charge in [0.1, 0.15) is 0 Å². The van der Waals surface area contributed by atoms with Crippen molar-refractivity contribution in [2.45, 2.75) is 24.3 Å². The van der Waals surface area contributed by atoms with Crippen LogP contribution in [0.4, 0.5) is 5.69 Å². The van der Waals surface area contributed by atoms with E-state index in [9.17, 15) is 13.2 Å². The number of rotatable bonds is 6. The second-order valence-corrected chi connectivity index (χ2v) is 5.78. The average Bonchev–Trinajstić information content (AvgIpc) is 2.27. The van der Waals surface area contributed by atoms with Crippen LogP contribution in [0.15, 0.2) is 23.1 Å². The Labute approximate surface area is 111 Å². The number of nitrogen functional groups attached to an aromatic ring is 1. The molecule has 5 N–H and O–H groups in total. The topological polar surface area (TPSA) is 130 Å². The van der Waals surface area contributed by atoms with Gasteiger partial charge in [0, 0.05) is 18.3 Å². The summed E-state index contributed by atoms with van der Waals surface area (Å²) in [5.41, 5.74) is 5.29. The minimum atomic E-state index is -4.00. The number of nitrogens with one attached hydrogen (secondary N) is 1. The molecule has 0 spiro atoms. The molecule has 0 aliphatic carbocycles. The van der Waals surface area contributed by atoms with E-state index in [-0.39, 0.29) is 29.2 Å². The Bertz CT molecular complexity index is 570. The van der Waals surface area contributed by atoms with E-state index in [0.29, 0.717) is 0 Å². The number of aromatic carboxylic acids is 1. The van der Waals surface area contributed by atoms with Crippen molar-refractivity contribution in [3.05, 3.63) is 23.8 Å². The van der Waals surface area contributed by atoms with E-state index in [1.54, 1.807) is 6.92 Å². The van der Waals surface area contributed by atoms with Gasteiger partial charge in [0.2, 0.25) is 10.0 Å². The Balaban J connectivity index is 3.20. The molecule has 1 aromatic carbocycles. The molecule has 8 heteroatoms. The lowest BCUT2D eigenvalue weighted by Crippen LogP contribution is -2.34. The highest BCUT2D eigenvalue weighted by Crippen LogP contribution is 2.19. The minimum Gasteiger partial charge on any atom is -0.478 e. The monoisotopic (exact) mass is 288 g/mol. The first-order valence-corrected chi connectivity index (χ1v) is 7.02. The van der Waals surface area contributed by atoms with Gasteiger partial charge in [0.15, 0.2) is 0 Å². The predicted octanol–water partition coefficient (Wildman–Crippen LogP) is 0.0162. The number of hydrogen-bond donors (Lipinski definition) is 4. The lowest BCUT2D eigenvalue weighted by Gasteiger charge is -2.14. The summed E-state index contributed by atoms with van der Waals surface area (Å²) < 4.78 is 26.5. The van der Waals surface area contributed by atoms with E-state index in [4.69, 9.17) is 15.9 Å². The molecule has 1 unspecified atom stereocenters. The van der Waals surface area contributed by atoms with E-state index in [1.165, 1.54) is 6.07 Å². The van der Waals surface area contributed by atoms with Crippen molar-refractivity contribution in [3.63, 3.8) is 0 Å². The summed E-state index contributed by atoms with van der Waals surface area (Å²) in [5, 5.41) is 17.7. The van der Waals surface area contributed by atoms with Crippen molar-refractivity contribution < 1.29 is 23.4 Å². The van der Waals surface area contributed by atoms with E-state index in [0.717, 1.165) is 12.1 Å². The van der Waals surface area contributed by atoms with Gasteiger partial charge in [-0.1, -0.05) is 0 Å². The Morgan fingerprint density at radius 1 is 1.47 bits per heavy atom. The van der Waals surface area contributed by atoms with Crippen molar-refractivity contribution in [2.75, 3.05) is 12.3 Å². The van der Waals surface area contributed by atoms with Gasteiger partial charge in [-0.05, 0) is 31.5 Å². The van der Waals surface area contributed by atoms with E-state index >= 15 is 0 Å². The first kappa shape index (κ1) is 15.4. The van der Waals surface area contributed by atoms with Crippen molar-refractivity contribution in [1.82, 2.24) is 4.72 Å². The third-order valence-corrected chi connectivity index (χ3v) is 4.07. The van der Waals surface area contributed by atoms with Gasteiger partial charge in [0.05, 0.1) is 10.5 Å². The summed E-state index contributed by atoms with van der Waals surface area (Å²) in [7, 11) is -4.00. The van der Waals surface area contributed by atoms with Crippen LogP contribution in [0.5, 0.6) is 0 Å². The zero-order chi connectivity index (χ0) is 14.6. The molecule has 0 aliphatic rings. The molecular formula is C11H16N2O5S. The fraction of sp³-hybridized carbons (Fsp3) is 0.364. The van der Waals surface area contributed by atoms with Gasteiger partial charge in [-0.2, -0.15) is 0 Å². The molecule has 0 amide bonds. The molecule has 7 nitrogen and oxygen atoms in total. The number of sulfonamides is 1. The summed E-state index contributed by atoms with van der Waals surface area (Å²) in [4.78, 5) is 10.6. The van der Waals surface area contributed by atoms with Crippen LogP contribution in [0.2, 0.25) is 0 Å². The second-order valence-electron chi connectivity index (χ2n) is 4.10. The molecule has 0 aliphatic heterocycles. The standard InChI is InChI=1S/C11H16N2O5S/c1-7(4-5-14)13-19(17,18)10-6-8(12)2-3-9(10)11(15)16/h2-3,6-7,13-14H,4-5,12H2,1H3,(H,15,16). The number of carboxylic acid groups (broad SMARTS) is 1. The van der Waals surface area contributed by atoms with Gasteiger partial charge in [0.25, 0.3) is 0 Å². The SMILES string of the molecule is CC(CCO)NS(=O)(=O)c1cc(N)ccc1C(=O)O. The fourth-order valence-electron chi connectivity index (χ4n) is 1.52. The number of anilines is 1. The largest absolute Gasteiger partial charge is 0.478 e. The molecule has 0 radical (unpaired) electrons. The Morgan fingerprint density at radius 3 is 2.63 bits per heavy atom. The third kappa shape index (κ3) is 3.91. The van der Waals surface area contributed by atoms with Crippen molar-refractivity contribution in [1.29, 1.82) is 0 Å². The van der Waals surface area contributed by atoms with Crippen LogP contribution < -0.4 is 10.5 Å². The second kappa shape index (κ2) is 6.00. The van der Waals surface area contributed by atoms with E-state index in [1.807, 2.05) is 0 Å².